The summed E-state index contributed by atoms with van der Waals surface area (Å²) in [5.41, 5.74) is 0.100. The van der Waals surface area contributed by atoms with Crippen LogP contribution in [0.2, 0.25) is 0 Å². The number of nitrogens with one attached hydrogen (secondary N) is 1. The summed E-state index contributed by atoms with van der Waals surface area (Å²) in [7, 11) is 1.64. The van der Waals surface area contributed by atoms with E-state index < -0.39 is 5.60 Å². The van der Waals surface area contributed by atoms with E-state index >= 15 is 0 Å². The Bertz CT molecular complexity index is 564. The van der Waals surface area contributed by atoms with Crippen molar-refractivity contribution in [3.63, 3.8) is 0 Å². The monoisotopic (exact) mass is 362 g/mol. The molecule has 0 radical (unpaired) electrons. The predicted molar refractivity (Wildman–Crippen MR) is 101 cm³/mol. The van der Waals surface area contributed by atoms with Crippen LogP contribution in [-0.2, 0) is 14.3 Å². The molecule has 0 atom stereocenters. The number of hydrogen-bond acceptors (Lipinski definition) is 5. The van der Waals surface area contributed by atoms with Gasteiger partial charge < -0.3 is 19.5 Å². The van der Waals surface area contributed by atoms with Crippen LogP contribution >= 0.6 is 0 Å². The van der Waals surface area contributed by atoms with E-state index in [2.05, 4.69) is 10.2 Å². The third-order valence-electron chi connectivity index (χ3n) is 5.36. The lowest BCUT2D eigenvalue weighted by molar-refractivity contribution is -0.141. The molecule has 1 amide bonds. The van der Waals surface area contributed by atoms with Gasteiger partial charge in [0.05, 0.1) is 13.2 Å². The standard InChI is InChI=1S/C20H30N2O4/c1-24-20(9-3-2-4-10-20)19(23)21-17-5-7-18(8-6-17)26-16-13-22-11-14-25-15-12-22/h5-8H,2-4,9-16H2,1H3,(H,21,23). The Labute approximate surface area is 155 Å². The zero-order chi connectivity index (χ0) is 18.2. The molecule has 0 spiro atoms. The predicted octanol–water partition coefficient (Wildman–Crippen LogP) is 2.69. The zero-order valence-corrected chi connectivity index (χ0v) is 15.7. The summed E-state index contributed by atoms with van der Waals surface area (Å²) in [6, 6.07) is 7.56. The highest BCUT2D eigenvalue weighted by Gasteiger charge is 2.39. The molecule has 1 aliphatic heterocycles. The fourth-order valence-electron chi connectivity index (χ4n) is 3.64. The van der Waals surface area contributed by atoms with E-state index in [4.69, 9.17) is 14.2 Å². The number of rotatable bonds is 7. The van der Waals surface area contributed by atoms with Crippen LogP contribution in [-0.4, -0.2) is 63.0 Å². The molecule has 0 unspecified atom stereocenters. The minimum atomic E-state index is -0.675. The molecule has 6 nitrogen and oxygen atoms in total. The molecule has 1 saturated heterocycles. The van der Waals surface area contributed by atoms with Crippen molar-refractivity contribution in [2.45, 2.75) is 37.7 Å². The Morgan fingerprint density at radius 3 is 2.50 bits per heavy atom. The fraction of sp³-hybridized carbons (Fsp3) is 0.650. The first kappa shape index (κ1) is 19.1. The number of hydrogen-bond donors (Lipinski definition) is 1. The lowest BCUT2D eigenvalue weighted by atomic mass is 9.84. The van der Waals surface area contributed by atoms with Gasteiger partial charge in [-0.1, -0.05) is 19.3 Å². The molecule has 1 aliphatic carbocycles. The van der Waals surface area contributed by atoms with Crippen LogP contribution in [0.1, 0.15) is 32.1 Å². The van der Waals surface area contributed by atoms with Gasteiger partial charge in [-0.2, -0.15) is 0 Å². The van der Waals surface area contributed by atoms with E-state index in [0.29, 0.717) is 6.61 Å². The third-order valence-corrected chi connectivity index (χ3v) is 5.36. The molecule has 3 rings (SSSR count). The molecule has 1 heterocycles. The first-order valence-electron chi connectivity index (χ1n) is 9.61. The van der Waals surface area contributed by atoms with Gasteiger partial charge in [0.1, 0.15) is 18.0 Å². The molecule has 2 aliphatic rings. The molecule has 0 aromatic heterocycles. The molecule has 1 N–H and O–H groups in total. The quantitative estimate of drug-likeness (QED) is 0.808. The van der Waals surface area contributed by atoms with E-state index in [1.807, 2.05) is 24.3 Å². The molecule has 6 heteroatoms. The van der Waals surface area contributed by atoms with Gasteiger partial charge in [0.2, 0.25) is 0 Å². The highest BCUT2D eigenvalue weighted by Crippen LogP contribution is 2.32. The van der Waals surface area contributed by atoms with Gasteiger partial charge in [0, 0.05) is 32.4 Å². The maximum Gasteiger partial charge on any atom is 0.256 e. The molecule has 26 heavy (non-hydrogen) atoms. The lowest BCUT2D eigenvalue weighted by Gasteiger charge is -2.34. The molecular formula is C20H30N2O4. The van der Waals surface area contributed by atoms with Crippen molar-refractivity contribution in [2.24, 2.45) is 0 Å². The number of anilines is 1. The summed E-state index contributed by atoms with van der Waals surface area (Å²) in [6.45, 7) is 5.09. The smallest absolute Gasteiger partial charge is 0.256 e. The topological polar surface area (TPSA) is 60.0 Å². The molecule has 1 aromatic carbocycles. The van der Waals surface area contributed by atoms with Crippen molar-refractivity contribution in [3.8, 4) is 5.75 Å². The highest BCUT2D eigenvalue weighted by molar-refractivity contribution is 5.97. The van der Waals surface area contributed by atoms with E-state index in [1.165, 1.54) is 6.42 Å². The van der Waals surface area contributed by atoms with Crippen LogP contribution in [0.5, 0.6) is 5.75 Å². The van der Waals surface area contributed by atoms with E-state index in [9.17, 15) is 4.79 Å². The van der Waals surface area contributed by atoms with Crippen molar-refractivity contribution in [1.82, 2.24) is 4.90 Å². The summed E-state index contributed by atoms with van der Waals surface area (Å²) in [5.74, 6) is 0.774. The second-order valence-corrected chi connectivity index (χ2v) is 7.04. The second-order valence-electron chi connectivity index (χ2n) is 7.04. The minimum absolute atomic E-state index is 0.0410. The van der Waals surface area contributed by atoms with Crippen molar-refractivity contribution in [2.75, 3.05) is 51.9 Å². The zero-order valence-electron chi connectivity index (χ0n) is 15.7. The van der Waals surface area contributed by atoms with Crippen LogP contribution < -0.4 is 10.1 Å². The van der Waals surface area contributed by atoms with Crippen LogP contribution in [0.15, 0.2) is 24.3 Å². The summed E-state index contributed by atoms with van der Waals surface area (Å²) >= 11 is 0. The second kappa shape index (κ2) is 9.35. The number of amides is 1. The van der Waals surface area contributed by atoms with Gasteiger partial charge in [-0.3, -0.25) is 9.69 Å². The molecule has 1 saturated carbocycles. The van der Waals surface area contributed by atoms with Gasteiger partial charge >= 0.3 is 0 Å². The number of carbonyl (C=O) groups is 1. The van der Waals surface area contributed by atoms with Crippen LogP contribution in [0, 0.1) is 0 Å². The first-order chi connectivity index (χ1) is 12.7. The highest BCUT2D eigenvalue weighted by atomic mass is 16.5. The first-order valence-corrected chi connectivity index (χ1v) is 9.61. The Morgan fingerprint density at radius 2 is 1.85 bits per heavy atom. The normalized spacial score (nSPS) is 20.5. The molecule has 2 fully saturated rings. The summed E-state index contributed by atoms with van der Waals surface area (Å²) in [4.78, 5) is 15.0. The van der Waals surface area contributed by atoms with Crippen molar-refractivity contribution in [3.05, 3.63) is 24.3 Å². The van der Waals surface area contributed by atoms with Gasteiger partial charge in [-0.05, 0) is 37.1 Å². The summed E-state index contributed by atoms with van der Waals surface area (Å²) < 4.78 is 16.7. The number of morpholine rings is 1. The number of methoxy groups -OCH3 is 1. The maximum absolute atomic E-state index is 12.7. The molecule has 0 bridgehead atoms. The van der Waals surface area contributed by atoms with Crippen molar-refractivity contribution >= 4 is 11.6 Å². The number of carbonyl (C=O) groups excluding carboxylic acids is 1. The average Bonchev–Trinajstić information content (AvgIpc) is 2.70. The van der Waals surface area contributed by atoms with E-state index in [-0.39, 0.29) is 5.91 Å². The van der Waals surface area contributed by atoms with E-state index in [0.717, 1.165) is 70.0 Å². The van der Waals surface area contributed by atoms with Gasteiger partial charge in [0.25, 0.3) is 5.91 Å². The molecular weight excluding hydrogens is 332 g/mol. The van der Waals surface area contributed by atoms with Crippen molar-refractivity contribution < 1.29 is 19.0 Å². The van der Waals surface area contributed by atoms with Crippen LogP contribution in [0.25, 0.3) is 0 Å². The van der Waals surface area contributed by atoms with Crippen molar-refractivity contribution in [1.29, 1.82) is 0 Å². The Hall–Kier alpha value is -1.63. The maximum atomic E-state index is 12.7. The number of benzene rings is 1. The number of ether oxygens (including phenoxy) is 3. The SMILES string of the molecule is COC1(C(=O)Nc2ccc(OCCN3CCOCC3)cc2)CCCCC1. The third kappa shape index (κ3) is 4.96. The lowest BCUT2D eigenvalue weighted by Crippen LogP contribution is -2.46. The van der Waals surface area contributed by atoms with Gasteiger partial charge in [-0.25, -0.2) is 0 Å². The minimum Gasteiger partial charge on any atom is -0.492 e. The Morgan fingerprint density at radius 1 is 1.15 bits per heavy atom. The average molecular weight is 362 g/mol. The van der Waals surface area contributed by atoms with Gasteiger partial charge in [-0.15, -0.1) is 0 Å². The van der Waals surface area contributed by atoms with Gasteiger partial charge in [0.15, 0.2) is 0 Å². The van der Waals surface area contributed by atoms with Crippen LogP contribution in [0.3, 0.4) is 0 Å². The van der Waals surface area contributed by atoms with E-state index in [1.54, 1.807) is 7.11 Å². The number of nitrogens with zero attached hydrogens (tertiary/aromatic N) is 1. The summed E-state index contributed by atoms with van der Waals surface area (Å²) in [5, 5.41) is 3.00. The van der Waals surface area contributed by atoms with Crippen LogP contribution in [0.4, 0.5) is 5.69 Å². The Balaban J connectivity index is 1.46. The largest absolute Gasteiger partial charge is 0.492 e. The molecule has 144 valence electrons. The fourth-order valence-corrected chi connectivity index (χ4v) is 3.64. The summed E-state index contributed by atoms with van der Waals surface area (Å²) in [6.07, 6.45) is 4.83. The Kier molecular flexibility index (Phi) is 6.88. The molecule has 1 aromatic rings.